The maximum atomic E-state index is 12.0. The van der Waals surface area contributed by atoms with Crippen LogP contribution in [0.5, 0.6) is 0 Å². The second-order valence-electron chi connectivity index (χ2n) is 3.07. The summed E-state index contributed by atoms with van der Waals surface area (Å²) in [6.07, 6.45) is -3.56. The van der Waals surface area contributed by atoms with Crippen molar-refractivity contribution in [2.45, 2.75) is 39.0 Å². The third kappa shape index (κ3) is 4.59. The lowest BCUT2D eigenvalue weighted by Gasteiger charge is -2.17. The lowest BCUT2D eigenvalue weighted by molar-refractivity contribution is -0.172. The van der Waals surface area contributed by atoms with E-state index >= 15 is 0 Å². The van der Waals surface area contributed by atoms with Gasteiger partial charge in [0, 0.05) is 7.11 Å². The van der Waals surface area contributed by atoms with Crippen molar-refractivity contribution in [1.29, 1.82) is 0 Å². The first-order chi connectivity index (χ1) is 5.38. The highest BCUT2D eigenvalue weighted by atomic mass is 19.4. The summed E-state index contributed by atoms with van der Waals surface area (Å²) in [5.41, 5.74) is 0. The average molecular weight is 184 g/mol. The summed E-state index contributed by atoms with van der Waals surface area (Å²) in [5, 5.41) is 0. The molecule has 0 N–H and O–H groups in total. The Morgan fingerprint density at radius 2 is 1.67 bits per heavy atom. The number of alkyl halides is 3. The van der Waals surface area contributed by atoms with Gasteiger partial charge in [-0.3, -0.25) is 0 Å². The SMILES string of the molecule is COC(C)CCC(C)C(F)(F)F. The van der Waals surface area contributed by atoms with Crippen LogP contribution in [-0.2, 0) is 4.74 Å². The minimum Gasteiger partial charge on any atom is -0.382 e. The molecule has 2 unspecified atom stereocenters. The Hall–Kier alpha value is -0.250. The van der Waals surface area contributed by atoms with E-state index in [1.165, 1.54) is 14.0 Å². The van der Waals surface area contributed by atoms with Crippen LogP contribution in [-0.4, -0.2) is 19.4 Å². The lowest BCUT2D eigenvalue weighted by Crippen LogP contribution is -2.21. The van der Waals surface area contributed by atoms with Gasteiger partial charge < -0.3 is 4.74 Å². The van der Waals surface area contributed by atoms with Crippen molar-refractivity contribution in [3.8, 4) is 0 Å². The van der Waals surface area contributed by atoms with Gasteiger partial charge in [-0.1, -0.05) is 6.92 Å². The number of halogens is 3. The Labute approximate surface area is 70.9 Å². The van der Waals surface area contributed by atoms with Gasteiger partial charge >= 0.3 is 6.18 Å². The van der Waals surface area contributed by atoms with Crippen molar-refractivity contribution in [3.63, 3.8) is 0 Å². The van der Waals surface area contributed by atoms with Gasteiger partial charge in [-0.25, -0.2) is 0 Å². The summed E-state index contributed by atoms with van der Waals surface area (Å²) in [5.74, 6) is -1.23. The molecule has 0 fully saturated rings. The van der Waals surface area contributed by atoms with E-state index in [1.54, 1.807) is 6.92 Å². The summed E-state index contributed by atoms with van der Waals surface area (Å²) >= 11 is 0. The quantitative estimate of drug-likeness (QED) is 0.652. The highest BCUT2D eigenvalue weighted by Crippen LogP contribution is 2.29. The van der Waals surface area contributed by atoms with Gasteiger partial charge in [0.1, 0.15) is 0 Å². The second kappa shape index (κ2) is 4.70. The van der Waals surface area contributed by atoms with Crippen molar-refractivity contribution in [3.05, 3.63) is 0 Å². The van der Waals surface area contributed by atoms with Crippen LogP contribution in [0.15, 0.2) is 0 Å². The van der Waals surface area contributed by atoms with Crippen LogP contribution >= 0.6 is 0 Å². The molecule has 0 saturated carbocycles. The average Bonchev–Trinajstić information content (AvgIpc) is 1.97. The fourth-order valence-corrected chi connectivity index (χ4v) is 0.766. The Bertz CT molecular complexity index is 122. The predicted octanol–water partition coefficient (Wildman–Crippen LogP) is 3.00. The largest absolute Gasteiger partial charge is 0.391 e. The number of hydrogen-bond acceptors (Lipinski definition) is 1. The zero-order valence-electron chi connectivity index (χ0n) is 7.61. The van der Waals surface area contributed by atoms with Crippen LogP contribution in [0.25, 0.3) is 0 Å². The molecule has 0 aromatic carbocycles. The molecule has 0 saturated heterocycles. The summed E-state index contributed by atoms with van der Waals surface area (Å²) in [7, 11) is 1.50. The van der Waals surface area contributed by atoms with Crippen LogP contribution < -0.4 is 0 Å². The molecule has 74 valence electrons. The Morgan fingerprint density at radius 1 is 1.17 bits per heavy atom. The minimum absolute atomic E-state index is 0.0881. The van der Waals surface area contributed by atoms with E-state index in [9.17, 15) is 13.2 Å². The van der Waals surface area contributed by atoms with Gasteiger partial charge in [0.15, 0.2) is 0 Å². The van der Waals surface area contributed by atoms with E-state index in [2.05, 4.69) is 0 Å². The van der Waals surface area contributed by atoms with Gasteiger partial charge in [-0.15, -0.1) is 0 Å². The van der Waals surface area contributed by atoms with E-state index in [4.69, 9.17) is 4.74 Å². The lowest BCUT2D eigenvalue weighted by atomic mass is 10.0. The third-order valence-electron chi connectivity index (χ3n) is 1.97. The molecule has 1 nitrogen and oxygen atoms in total. The molecule has 2 atom stereocenters. The van der Waals surface area contributed by atoms with Gasteiger partial charge in [-0.2, -0.15) is 13.2 Å². The number of rotatable bonds is 4. The van der Waals surface area contributed by atoms with Crippen molar-refractivity contribution < 1.29 is 17.9 Å². The second-order valence-corrected chi connectivity index (χ2v) is 3.07. The molecule has 0 rings (SSSR count). The Morgan fingerprint density at radius 3 is 2.00 bits per heavy atom. The molecule has 4 heteroatoms. The van der Waals surface area contributed by atoms with Crippen LogP contribution in [0.3, 0.4) is 0 Å². The van der Waals surface area contributed by atoms with Gasteiger partial charge in [-0.05, 0) is 19.8 Å². The third-order valence-corrected chi connectivity index (χ3v) is 1.97. The molecule has 0 spiro atoms. The first-order valence-electron chi connectivity index (χ1n) is 3.97. The van der Waals surface area contributed by atoms with E-state index < -0.39 is 12.1 Å². The van der Waals surface area contributed by atoms with Crippen LogP contribution in [0.2, 0.25) is 0 Å². The van der Waals surface area contributed by atoms with Crippen molar-refractivity contribution in [2.75, 3.05) is 7.11 Å². The minimum atomic E-state index is -4.06. The summed E-state index contributed by atoms with van der Waals surface area (Å²) in [4.78, 5) is 0. The van der Waals surface area contributed by atoms with Crippen LogP contribution in [0.1, 0.15) is 26.7 Å². The predicted molar refractivity (Wildman–Crippen MR) is 40.9 cm³/mol. The normalized spacial score (nSPS) is 17.5. The first kappa shape index (κ1) is 11.8. The van der Waals surface area contributed by atoms with Crippen LogP contribution in [0, 0.1) is 5.92 Å². The molecular weight excluding hydrogens is 169 g/mol. The zero-order valence-corrected chi connectivity index (χ0v) is 7.61. The summed E-state index contributed by atoms with van der Waals surface area (Å²) in [6.45, 7) is 2.96. The van der Waals surface area contributed by atoms with E-state index in [0.717, 1.165) is 0 Å². The molecule has 0 aliphatic heterocycles. The fraction of sp³-hybridized carbons (Fsp3) is 1.00. The highest BCUT2D eigenvalue weighted by molar-refractivity contribution is 4.63. The summed E-state index contributed by atoms with van der Waals surface area (Å²) < 4.78 is 40.7. The van der Waals surface area contributed by atoms with Crippen molar-refractivity contribution in [2.24, 2.45) is 5.92 Å². The van der Waals surface area contributed by atoms with Crippen LogP contribution in [0.4, 0.5) is 13.2 Å². The Kier molecular flexibility index (Phi) is 4.60. The number of methoxy groups -OCH3 is 1. The molecule has 0 aromatic heterocycles. The molecule has 0 heterocycles. The molecule has 12 heavy (non-hydrogen) atoms. The fourth-order valence-electron chi connectivity index (χ4n) is 0.766. The Balaban J connectivity index is 3.64. The molecule has 0 aromatic rings. The van der Waals surface area contributed by atoms with Crippen molar-refractivity contribution in [1.82, 2.24) is 0 Å². The van der Waals surface area contributed by atoms with E-state index in [-0.39, 0.29) is 12.5 Å². The zero-order chi connectivity index (χ0) is 9.78. The molecule has 0 radical (unpaired) electrons. The maximum Gasteiger partial charge on any atom is 0.391 e. The van der Waals surface area contributed by atoms with Gasteiger partial charge in [0.05, 0.1) is 12.0 Å². The standard InChI is InChI=1S/C8H15F3O/c1-6(8(9,10)11)4-5-7(2)12-3/h6-7H,4-5H2,1-3H3. The smallest absolute Gasteiger partial charge is 0.382 e. The topological polar surface area (TPSA) is 9.23 Å². The van der Waals surface area contributed by atoms with E-state index in [0.29, 0.717) is 6.42 Å². The monoisotopic (exact) mass is 184 g/mol. The van der Waals surface area contributed by atoms with Crippen molar-refractivity contribution >= 4 is 0 Å². The maximum absolute atomic E-state index is 12.0. The van der Waals surface area contributed by atoms with Gasteiger partial charge in [0.25, 0.3) is 0 Å². The number of hydrogen-bond donors (Lipinski definition) is 0. The molecular formula is C8H15F3O. The van der Waals surface area contributed by atoms with Gasteiger partial charge in [0.2, 0.25) is 0 Å². The molecule has 0 bridgehead atoms. The number of ether oxygens (including phenoxy) is 1. The first-order valence-corrected chi connectivity index (χ1v) is 3.97. The highest BCUT2D eigenvalue weighted by Gasteiger charge is 2.35. The summed E-state index contributed by atoms with van der Waals surface area (Å²) in [6, 6.07) is 0. The molecule has 0 aliphatic carbocycles. The molecule has 0 aliphatic rings. The van der Waals surface area contributed by atoms with E-state index in [1.807, 2.05) is 0 Å². The molecule has 0 amide bonds.